The molecular formula is C12H5BrF7N. The van der Waals surface area contributed by atoms with Gasteiger partial charge in [0.05, 0.1) is 5.52 Å². The number of hydrogen-bond donors (Lipinski definition) is 0. The Morgan fingerprint density at radius 3 is 2.05 bits per heavy atom. The van der Waals surface area contributed by atoms with Crippen molar-refractivity contribution in [2.45, 2.75) is 18.0 Å². The number of benzene rings is 1. The third kappa shape index (κ3) is 2.58. The standard InChI is InChI=1S/C12H5BrF7N/c13-7-2-3-8-6(5-7)1-4-9(21-8)10(14,15)11(16,17)12(18,19)20/h1-5H. The molecule has 1 heterocycles. The van der Waals surface area contributed by atoms with Gasteiger partial charge in [0.2, 0.25) is 0 Å². The van der Waals surface area contributed by atoms with Crippen LogP contribution in [0.15, 0.2) is 34.8 Å². The van der Waals surface area contributed by atoms with E-state index in [1.54, 1.807) is 0 Å². The summed E-state index contributed by atoms with van der Waals surface area (Å²) in [6, 6.07) is 5.55. The van der Waals surface area contributed by atoms with E-state index in [-0.39, 0.29) is 5.52 Å². The SMILES string of the molecule is FC(F)(F)C(F)(F)C(F)(F)c1ccc2cc(Br)ccc2n1. The summed E-state index contributed by atoms with van der Waals surface area (Å²) < 4.78 is 89.8. The molecule has 1 aromatic carbocycles. The number of nitrogens with zero attached hydrogens (tertiary/aromatic N) is 1. The van der Waals surface area contributed by atoms with Crippen LogP contribution in [0, 0.1) is 0 Å². The Balaban J connectivity index is 2.57. The Kier molecular flexibility index (Phi) is 3.67. The summed E-state index contributed by atoms with van der Waals surface area (Å²) in [5.74, 6) is -11.7. The zero-order valence-electron chi connectivity index (χ0n) is 9.86. The van der Waals surface area contributed by atoms with Crippen molar-refractivity contribution >= 4 is 26.8 Å². The Labute approximate surface area is 121 Å². The molecule has 0 radical (unpaired) electrons. The number of alkyl halides is 7. The fraction of sp³-hybridized carbons (Fsp3) is 0.250. The molecule has 9 heteroatoms. The van der Waals surface area contributed by atoms with Crippen molar-refractivity contribution in [1.29, 1.82) is 0 Å². The summed E-state index contributed by atoms with van der Waals surface area (Å²) in [6.45, 7) is 0. The van der Waals surface area contributed by atoms with E-state index in [4.69, 9.17) is 0 Å². The van der Waals surface area contributed by atoms with Crippen molar-refractivity contribution < 1.29 is 30.7 Å². The minimum atomic E-state index is -6.38. The van der Waals surface area contributed by atoms with Crippen molar-refractivity contribution in [3.05, 3.63) is 40.5 Å². The van der Waals surface area contributed by atoms with Gasteiger partial charge in [-0.2, -0.15) is 30.7 Å². The molecule has 0 N–H and O–H groups in total. The normalized spacial score (nSPS) is 13.7. The molecule has 0 bridgehead atoms. The third-order valence-corrected chi connectivity index (χ3v) is 3.22. The molecule has 0 atom stereocenters. The summed E-state index contributed by atoms with van der Waals surface area (Å²) >= 11 is 3.10. The van der Waals surface area contributed by atoms with Gasteiger partial charge < -0.3 is 0 Å². The Bertz CT molecular complexity index is 681. The summed E-state index contributed by atoms with van der Waals surface area (Å²) in [5.41, 5.74) is -1.76. The Morgan fingerprint density at radius 1 is 0.857 bits per heavy atom. The highest BCUT2D eigenvalue weighted by Gasteiger charge is 2.74. The van der Waals surface area contributed by atoms with Crippen LogP contribution in [-0.4, -0.2) is 17.1 Å². The first-order chi connectivity index (χ1) is 9.47. The maximum absolute atomic E-state index is 13.5. The number of fused-ring (bicyclic) bond motifs is 1. The number of hydrogen-bond acceptors (Lipinski definition) is 1. The quantitative estimate of drug-likeness (QED) is 0.650. The predicted molar refractivity (Wildman–Crippen MR) is 64.3 cm³/mol. The second-order valence-corrected chi connectivity index (χ2v) is 5.10. The number of pyridine rings is 1. The van der Waals surface area contributed by atoms with Gasteiger partial charge in [-0.1, -0.05) is 22.0 Å². The van der Waals surface area contributed by atoms with Crippen LogP contribution in [0.2, 0.25) is 0 Å². The molecule has 21 heavy (non-hydrogen) atoms. The fourth-order valence-corrected chi connectivity index (χ4v) is 1.99. The van der Waals surface area contributed by atoms with E-state index in [1.807, 2.05) is 0 Å². The van der Waals surface area contributed by atoms with Crippen LogP contribution in [0.5, 0.6) is 0 Å². The average molecular weight is 376 g/mol. The predicted octanol–water partition coefficient (Wildman–Crippen LogP) is 5.29. The minimum Gasteiger partial charge on any atom is -0.246 e. The maximum Gasteiger partial charge on any atom is 0.460 e. The van der Waals surface area contributed by atoms with Crippen LogP contribution in [-0.2, 0) is 5.92 Å². The fourth-order valence-electron chi connectivity index (χ4n) is 1.61. The molecule has 0 fully saturated rings. The van der Waals surface area contributed by atoms with Gasteiger partial charge in [0.1, 0.15) is 5.69 Å². The van der Waals surface area contributed by atoms with Crippen LogP contribution >= 0.6 is 15.9 Å². The van der Waals surface area contributed by atoms with Crippen molar-refractivity contribution in [1.82, 2.24) is 4.98 Å². The molecule has 0 saturated carbocycles. The van der Waals surface area contributed by atoms with Gasteiger partial charge in [-0.15, -0.1) is 0 Å². The van der Waals surface area contributed by atoms with Crippen LogP contribution < -0.4 is 0 Å². The monoisotopic (exact) mass is 375 g/mol. The van der Waals surface area contributed by atoms with Crippen LogP contribution in [0.25, 0.3) is 10.9 Å². The molecule has 1 aromatic heterocycles. The van der Waals surface area contributed by atoms with Crippen molar-refractivity contribution in [2.75, 3.05) is 0 Å². The number of halogens is 8. The third-order valence-electron chi connectivity index (χ3n) is 2.72. The molecule has 2 aromatic rings. The van der Waals surface area contributed by atoms with Crippen LogP contribution in [0.1, 0.15) is 5.69 Å². The summed E-state index contributed by atoms with van der Waals surface area (Å²) in [6.07, 6.45) is -6.38. The van der Waals surface area contributed by atoms with E-state index in [9.17, 15) is 30.7 Å². The van der Waals surface area contributed by atoms with Gasteiger partial charge in [0, 0.05) is 9.86 Å². The molecule has 1 nitrogen and oxygen atoms in total. The molecule has 0 unspecified atom stereocenters. The highest BCUT2D eigenvalue weighted by Crippen LogP contribution is 2.51. The maximum atomic E-state index is 13.5. The Morgan fingerprint density at radius 2 is 1.48 bits per heavy atom. The van der Waals surface area contributed by atoms with E-state index in [0.29, 0.717) is 15.9 Å². The van der Waals surface area contributed by atoms with E-state index in [2.05, 4.69) is 20.9 Å². The zero-order chi connectivity index (χ0) is 16.1. The molecule has 114 valence electrons. The Hall–Kier alpha value is -1.38. The van der Waals surface area contributed by atoms with Gasteiger partial charge in [-0.3, -0.25) is 0 Å². The first-order valence-electron chi connectivity index (χ1n) is 5.36. The van der Waals surface area contributed by atoms with E-state index >= 15 is 0 Å². The molecular weight excluding hydrogens is 371 g/mol. The molecule has 0 aliphatic carbocycles. The first-order valence-corrected chi connectivity index (χ1v) is 6.15. The smallest absolute Gasteiger partial charge is 0.246 e. The second-order valence-electron chi connectivity index (χ2n) is 4.18. The molecule has 0 spiro atoms. The summed E-state index contributed by atoms with van der Waals surface area (Å²) in [4.78, 5) is 3.22. The highest BCUT2D eigenvalue weighted by molar-refractivity contribution is 9.10. The molecule has 0 saturated heterocycles. The van der Waals surface area contributed by atoms with Gasteiger partial charge in [0.15, 0.2) is 0 Å². The molecule has 0 amide bonds. The molecule has 2 rings (SSSR count). The van der Waals surface area contributed by atoms with E-state index in [1.165, 1.54) is 18.2 Å². The van der Waals surface area contributed by atoms with Crippen LogP contribution in [0.3, 0.4) is 0 Å². The van der Waals surface area contributed by atoms with Crippen molar-refractivity contribution in [3.63, 3.8) is 0 Å². The lowest BCUT2D eigenvalue weighted by Gasteiger charge is -2.27. The van der Waals surface area contributed by atoms with E-state index < -0.39 is 23.7 Å². The van der Waals surface area contributed by atoms with Gasteiger partial charge in [-0.05, 0) is 24.3 Å². The van der Waals surface area contributed by atoms with Gasteiger partial charge >= 0.3 is 18.0 Å². The summed E-state index contributed by atoms with van der Waals surface area (Å²) in [7, 11) is 0. The van der Waals surface area contributed by atoms with E-state index in [0.717, 1.165) is 6.07 Å². The van der Waals surface area contributed by atoms with Crippen LogP contribution in [0.4, 0.5) is 30.7 Å². The lowest BCUT2D eigenvalue weighted by atomic mass is 10.1. The van der Waals surface area contributed by atoms with Gasteiger partial charge in [-0.25, -0.2) is 4.98 Å². The lowest BCUT2D eigenvalue weighted by molar-refractivity contribution is -0.360. The number of aromatic nitrogens is 1. The topological polar surface area (TPSA) is 12.9 Å². The zero-order valence-corrected chi connectivity index (χ0v) is 11.4. The minimum absolute atomic E-state index is 0.117. The number of rotatable bonds is 2. The van der Waals surface area contributed by atoms with Gasteiger partial charge in [0.25, 0.3) is 0 Å². The molecule has 0 aliphatic rings. The van der Waals surface area contributed by atoms with Crippen molar-refractivity contribution in [3.8, 4) is 0 Å². The largest absolute Gasteiger partial charge is 0.460 e. The lowest BCUT2D eigenvalue weighted by Crippen LogP contribution is -2.50. The highest BCUT2D eigenvalue weighted by atomic mass is 79.9. The molecule has 0 aliphatic heterocycles. The average Bonchev–Trinajstić information content (AvgIpc) is 2.36. The first kappa shape index (κ1) is 16.0. The second kappa shape index (κ2) is 4.82. The summed E-state index contributed by atoms with van der Waals surface area (Å²) in [5, 5.41) is 0.319. The van der Waals surface area contributed by atoms with Crippen molar-refractivity contribution in [2.24, 2.45) is 0 Å².